The number of rotatable bonds is 3. The van der Waals surface area contributed by atoms with Crippen LogP contribution >= 0.6 is 23.2 Å². The van der Waals surface area contributed by atoms with Crippen LogP contribution in [0.4, 0.5) is 5.69 Å². The van der Waals surface area contributed by atoms with E-state index in [4.69, 9.17) is 23.2 Å². The van der Waals surface area contributed by atoms with E-state index in [0.29, 0.717) is 21.5 Å². The summed E-state index contributed by atoms with van der Waals surface area (Å²) in [6.07, 6.45) is 6.54. The maximum Gasteiger partial charge on any atom is 0.255 e. The molecule has 3 rings (SSSR count). The van der Waals surface area contributed by atoms with Gasteiger partial charge in [0.15, 0.2) is 0 Å². The highest BCUT2D eigenvalue weighted by atomic mass is 35.5. The summed E-state index contributed by atoms with van der Waals surface area (Å²) in [5.74, 6) is 0.484. The topological polar surface area (TPSA) is 29.1 Å². The van der Waals surface area contributed by atoms with E-state index in [1.54, 1.807) is 18.2 Å². The summed E-state index contributed by atoms with van der Waals surface area (Å²) in [4.78, 5) is 12.3. The molecule has 0 aromatic heterocycles. The molecule has 23 heavy (non-hydrogen) atoms. The number of anilines is 1. The lowest BCUT2D eigenvalue weighted by atomic mass is 9.84. The molecule has 1 N–H and O–H groups in total. The van der Waals surface area contributed by atoms with Crippen molar-refractivity contribution in [1.29, 1.82) is 0 Å². The van der Waals surface area contributed by atoms with Crippen LogP contribution in [0.25, 0.3) is 0 Å². The van der Waals surface area contributed by atoms with Crippen molar-refractivity contribution in [2.45, 2.75) is 38.0 Å². The minimum atomic E-state index is -0.186. The third-order valence-corrected chi connectivity index (χ3v) is 5.17. The van der Waals surface area contributed by atoms with Crippen LogP contribution in [-0.2, 0) is 0 Å². The molecule has 0 aliphatic heterocycles. The molecular weight excluding hydrogens is 329 g/mol. The first-order valence-electron chi connectivity index (χ1n) is 8.00. The number of nitrogens with one attached hydrogen (secondary N) is 1. The van der Waals surface area contributed by atoms with E-state index in [-0.39, 0.29) is 5.91 Å². The predicted octanol–water partition coefficient (Wildman–Crippen LogP) is 6.29. The lowest BCUT2D eigenvalue weighted by Crippen LogP contribution is -2.12. The maximum atomic E-state index is 12.3. The van der Waals surface area contributed by atoms with Gasteiger partial charge in [-0.1, -0.05) is 54.6 Å². The van der Waals surface area contributed by atoms with Crippen LogP contribution in [0.1, 0.15) is 53.9 Å². The Kier molecular flexibility index (Phi) is 5.24. The molecule has 0 spiro atoms. The van der Waals surface area contributed by atoms with Gasteiger partial charge in [-0.2, -0.15) is 0 Å². The molecule has 2 aromatic rings. The van der Waals surface area contributed by atoms with E-state index in [1.165, 1.54) is 37.7 Å². The molecule has 2 nitrogen and oxygen atoms in total. The van der Waals surface area contributed by atoms with Gasteiger partial charge < -0.3 is 5.32 Å². The van der Waals surface area contributed by atoms with Crippen molar-refractivity contribution >= 4 is 34.8 Å². The van der Waals surface area contributed by atoms with Gasteiger partial charge in [-0.15, -0.1) is 0 Å². The van der Waals surface area contributed by atoms with E-state index in [9.17, 15) is 4.79 Å². The van der Waals surface area contributed by atoms with E-state index in [0.717, 1.165) is 5.69 Å². The minimum absolute atomic E-state index is 0.186. The summed E-state index contributed by atoms with van der Waals surface area (Å²) < 4.78 is 0. The van der Waals surface area contributed by atoms with E-state index < -0.39 is 0 Å². The highest BCUT2D eigenvalue weighted by Gasteiger charge is 2.15. The molecule has 1 amide bonds. The minimum Gasteiger partial charge on any atom is -0.322 e. The van der Waals surface area contributed by atoms with Crippen LogP contribution in [0, 0.1) is 0 Å². The molecule has 1 aliphatic rings. The van der Waals surface area contributed by atoms with E-state index in [2.05, 4.69) is 17.4 Å². The van der Waals surface area contributed by atoms with Gasteiger partial charge in [0.1, 0.15) is 0 Å². The molecule has 1 aliphatic carbocycles. The largest absolute Gasteiger partial charge is 0.322 e. The fourth-order valence-corrected chi connectivity index (χ4v) is 3.41. The second-order valence-corrected chi connectivity index (χ2v) is 6.85. The van der Waals surface area contributed by atoms with Gasteiger partial charge in [0.2, 0.25) is 0 Å². The molecule has 0 bridgehead atoms. The molecule has 0 radical (unpaired) electrons. The van der Waals surface area contributed by atoms with Crippen LogP contribution < -0.4 is 5.32 Å². The van der Waals surface area contributed by atoms with Gasteiger partial charge >= 0.3 is 0 Å². The number of benzene rings is 2. The fraction of sp³-hybridized carbons (Fsp3) is 0.316. The molecule has 0 atom stereocenters. The Morgan fingerprint density at radius 2 is 1.61 bits per heavy atom. The Balaban J connectivity index is 1.67. The number of hydrogen-bond donors (Lipinski definition) is 1. The third kappa shape index (κ3) is 4.07. The normalized spacial score (nSPS) is 15.4. The van der Waals surface area contributed by atoms with Crippen LogP contribution in [-0.4, -0.2) is 5.91 Å². The van der Waals surface area contributed by atoms with Gasteiger partial charge in [0, 0.05) is 11.3 Å². The summed E-state index contributed by atoms with van der Waals surface area (Å²) in [6.45, 7) is 0. The summed E-state index contributed by atoms with van der Waals surface area (Å²) in [5.41, 5.74) is 2.66. The molecule has 1 fully saturated rings. The summed E-state index contributed by atoms with van der Waals surface area (Å²) >= 11 is 11.8. The molecular formula is C19H19Cl2NO. The maximum absolute atomic E-state index is 12.3. The van der Waals surface area contributed by atoms with E-state index in [1.807, 2.05) is 12.1 Å². The number of carbonyl (C=O) groups excluding carboxylic acids is 1. The summed E-state index contributed by atoms with van der Waals surface area (Å²) in [5, 5.41) is 3.72. The van der Waals surface area contributed by atoms with Gasteiger partial charge in [0.05, 0.1) is 10.0 Å². The average molecular weight is 348 g/mol. The molecule has 120 valence electrons. The lowest BCUT2D eigenvalue weighted by Gasteiger charge is -2.22. The Bertz CT molecular complexity index is 691. The van der Waals surface area contributed by atoms with Crippen molar-refractivity contribution in [2.24, 2.45) is 0 Å². The summed E-state index contributed by atoms with van der Waals surface area (Å²) in [7, 11) is 0. The fourth-order valence-electron chi connectivity index (χ4n) is 3.12. The zero-order chi connectivity index (χ0) is 16.2. The molecule has 0 saturated heterocycles. The second-order valence-electron chi connectivity index (χ2n) is 6.04. The lowest BCUT2D eigenvalue weighted by molar-refractivity contribution is 0.102. The predicted molar refractivity (Wildman–Crippen MR) is 96.7 cm³/mol. The molecule has 1 saturated carbocycles. The standard InChI is InChI=1S/C19H19Cl2NO/c20-17-11-8-15(12-18(17)21)19(23)22-16-9-6-14(7-10-16)13-4-2-1-3-5-13/h6-13H,1-5H2,(H,22,23). The number of halogens is 2. The van der Waals surface area contributed by atoms with Crippen LogP contribution in [0.3, 0.4) is 0 Å². The molecule has 4 heteroatoms. The monoisotopic (exact) mass is 347 g/mol. The SMILES string of the molecule is O=C(Nc1ccc(C2CCCCC2)cc1)c1ccc(Cl)c(Cl)c1. The van der Waals surface area contributed by atoms with Crippen molar-refractivity contribution in [3.8, 4) is 0 Å². The zero-order valence-electron chi connectivity index (χ0n) is 12.8. The number of amides is 1. The van der Waals surface area contributed by atoms with Gasteiger partial charge in [-0.25, -0.2) is 0 Å². The quantitative estimate of drug-likeness (QED) is 0.693. The van der Waals surface area contributed by atoms with Gasteiger partial charge in [0.25, 0.3) is 5.91 Å². The van der Waals surface area contributed by atoms with Crippen molar-refractivity contribution in [3.63, 3.8) is 0 Å². The highest BCUT2D eigenvalue weighted by Crippen LogP contribution is 2.33. The third-order valence-electron chi connectivity index (χ3n) is 4.43. The average Bonchev–Trinajstić information content (AvgIpc) is 2.59. The van der Waals surface area contributed by atoms with Crippen molar-refractivity contribution in [3.05, 3.63) is 63.6 Å². The molecule has 2 aromatic carbocycles. The number of carbonyl (C=O) groups is 1. The van der Waals surface area contributed by atoms with Gasteiger partial charge in [-0.3, -0.25) is 4.79 Å². The molecule has 0 heterocycles. The van der Waals surface area contributed by atoms with Crippen LogP contribution in [0.2, 0.25) is 10.0 Å². The second kappa shape index (κ2) is 7.37. The number of hydrogen-bond acceptors (Lipinski definition) is 1. The van der Waals surface area contributed by atoms with Gasteiger partial charge in [-0.05, 0) is 54.7 Å². The van der Waals surface area contributed by atoms with Crippen molar-refractivity contribution in [1.82, 2.24) is 0 Å². The highest BCUT2D eigenvalue weighted by molar-refractivity contribution is 6.42. The Morgan fingerprint density at radius 1 is 0.913 bits per heavy atom. The first kappa shape index (κ1) is 16.4. The first-order valence-corrected chi connectivity index (χ1v) is 8.75. The Hall–Kier alpha value is -1.51. The Labute approximate surface area is 146 Å². The van der Waals surface area contributed by atoms with E-state index >= 15 is 0 Å². The summed E-state index contributed by atoms with van der Waals surface area (Å²) in [6, 6.07) is 13.1. The first-order chi connectivity index (χ1) is 11.1. The molecule has 0 unspecified atom stereocenters. The van der Waals surface area contributed by atoms with Crippen molar-refractivity contribution < 1.29 is 4.79 Å². The van der Waals surface area contributed by atoms with Crippen LogP contribution in [0.15, 0.2) is 42.5 Å². The van der Waals surface area contributed by atoms with Crippen LogP contribution in [0.5, 0.6) is 0 Å². The smallest absolute Gasteiger partial charge is 0.255 e. The Morgan fingerprint density at radius 3 is 2.26 bits per heavy atom. The van der Waals surface area contributed by atoms with Crippen molar-refractivity contribution in [2.75, 3.05) is 5.32 Å². The zero-order valence-corrected chi connectivity index (χ0v) is 14.3.